The molecule has 0 fully saturated rings. The first-order valence-electron chi connectivity index (χ1n) is 4.40. The van der Waals surface area contributed by atoms with Gasteiger partial charge in [-0.05, 0) is 6.07 Å². The minimum atomic E-state index is -3.79. The molecule has 1 aromatic carbocycles. The number of hydrogen-bond acceptors (Lipinski definition) is 5. The van der Waals surface area contributed by atoms with E-state index in [9.17, 15) is 27.3 Å². The van der Waals surface area contributed by atoms with E-state index in [4.69, 9.17) is 10.7 Å². The van der Waals surface area contributed by atoms with Crippen LogP contribution >= 0.6 is 22.4 Å². The summed E-state index contributed by atoms with van der Waals surface area (Å²) in [6, 6.07) is 1.45. The van der Waals surface area contributed by atoms with E-state index in [1.54, 1.807) is 0 Å². The van der Waals surface area contributed by atoms with Gasteiger partial charge in [-0.1, -0.05) is 0 Å². The van der Waals surface area contributed by atoms with Gasteiger partial charge in [0.2, 0.25) is 9.05 Å². The number of nitro groups is 1. The van der Waals surface area contributed by atoms with E-state index in [0.29, 0.717) is 17.8 Å². The fourth-order valence-corrected chi connectivity index (χ4v) is 3.46. The van der Waals surface area contributed by atoms with Gasteiger partial charge in [0.1, 0.15) is 4.90 Å². The van der Waals surface area contributed by atoms with Crippen LogP contribution in [0.2, 0.25) is 0 Å². The van der Waals surface area contributed by atoms with Crippen LogP contribution in [0.25, 0.3) is 0 Å². The minimum Gasteiger partial charge on any atom is -0.258 e. The van der Waals surface area contributed by atoms with Crippen molar-refractivity contribution < 1.29 is 22.1 Å². The van der Waals surface area contributed by atoms with Gasteiger partial charge in [0.05, 0.1) is 10.7 Å². The van der Waals surface area contributed by atoms with Gasteiger partial charge in [0.15, 0.2) is 11.6 Å². The summed E-state index contributed by atoms with van der Waals surface area (Å²) in [4.78, 5) is 9.19. The summed E-state index contributed by atoms with van der Waals surface area (Å²) >= 11 is 0.523. The maximum Gasteiger partial charge on any atom is 0.286 e. The molecular weight excluding hydrogens is 312 g/mol. The maximum absolute atomic E-state index is 13.4. The Kier molecular flexibility index (Phi) is 4.88. The SMILES string of the molecule is O=[N+]([O-])c1ccc(F)c(F)c1SCCS(=O)(=O)Cl. The average Bonchev–Trinajstić information content (AvgIpc) is 2.22. The molecule has 0 N–H and O–H groups in total. The molecule has 100 valence electrons. The second-order valence-electron chi connectivity index (χ2n) is 3.06. The number of benzene rings is 1. The summed E-state index contributed by atoms with van der Waals surface area (Å²) in [7, 11) is 1.14. The van der Waals surface area contributed by atoms with Gasteiger partial charge in [-0.3, -0.25) is 10.1 Å². The van der Waals surface area contributed by atoms with E-state index < -0.39 is 41.9 Å². The molecule has 0 aliphatic carbocycles. The Hall–Kier alpha value is -0.930. The van der Waals surface area contributed by atoms with Crippen molar-refractivity contribution in [3.63, 3.8) is 0 Å². The lowest BCUT2D eigenvalue weighted by molar-refractivity contribution is -0.388. The second kappa shape index (κ2) is 5.81. The summed E-state index contributed by atoms with van der Waals surface area (Å²) < 4.78 is 47.6. The number of nitro benzene ring substituents is 1. The van der Waals surface area contributed by atoms with Crippen molar-refractivity contribution in [1.82, 2.24) is 0 Å². The first kappa shape index (κ1) is 15.1. The molecular formula is C8H6ClF2NO4S2. The van der Waals surface area contributed by atoms with Crippen LogP contribution in [0.1, 0.15) is 0 Å². The molecule has 0 atom stereocenters. The summed E-state index contributed by atoms with van der Waals surface area (Å²) in [6.07, 6.45) is 0. The molecule has 0 aliphatic rings. The van der Waals surface area contributed by atoms with E-state index in [1.165, 1.54) is 0 Å². The number of rotatable bonds is 5. The summed E-state index contributed by atoms with van der Waals surface area (Å²) in [6.45, 7) is 0. The maximum atomic E-state index is 13.4. The first-order valence-corrected chi connectivity index (χ1v) is 7.86. The topological polar surface area (TPSA) is 77.3 Å². The molecule has 1 aromatic rings. The van der Waals surface area contributed by atoms with Gasteiger partial charge < -0.3 is 0 Å². The quantitative estimate of drug-likeness (QED) is 0.361. The zero-order valence-corrected chi connectivity index (χ0v) is 11.0. The molecule has 0 amide bonds. The molecule has 0 aromatic heterocycles. The van der Waals surface area contributed by atoms with E-state index in [2.05, 4.69) is 0 Å². The summed E-state index contributed by atoms with van der Waals surface area (Å²) in [5.74, 6) is -3.34. The highest BCUT2D eigenvalue weighted by molar-refractivity contribution is 8.14. The number of halogens is 3. The average molecular weight is 318 g/mol. The number of hydrogen-bond donors (Lipinski definition) is 0. The van der Waals surface area contributed by atoms with Gasteiger partial charge >= 0.3 is 0 Å². The lowest BCUT2D eigenvalue weighted by atomic mass is 10.3. The van der Waals surface area contributed by atoms with Crippen molar-refractivity contribution in [1.29, 1.82) is 0 Å². The fraction of sp³-hybridized carbons (Fsp3) is 0.250. The van der Waals surface area contributed by atoms with Crippen molar-refractivity contribution in [3.05, 3.63) is 33.9 Å². The summed E-state index contributed by atoms with van der Waals surface area (Å²) in [5.41, 5.74) is -0.620. The van der Waals surface area contributed by atoms with Crippen LogP contribution in [0, 0.1) is 21.7 Å². The van der Waals surface area contributed by atoms with Crippen molar-refractivity contribution in [2.24, 2.45) is 0 Å². The van der Waals surface area contributed by atoms with E-state index in [0.717, 1.165) is 6.07 Å². The molecule has 10 heteroatoms. The van der Waals surface area contributed by atoms with Crippen LogP contribution < -0.4 is 0 Å². The molecule has 0 spiro atoms. The van der Waals surface area contributed by atoms with Crippen molar-refractivity contribution >= 4 is 37.2 Å². The molecule has 0 aliphatic heterocycles. The Morgan fingerprint density at radius 1 is 1.39 bits per heavy atom. The number of thioether (sulfide) groups is 1. The Morgan fingerprint density at radius 3 is 2.50 bits per heavy atom. The highest BCUT2D eigenvalue weighted by Gasteiger charge is 2.22. The fourth-order valence-electron chi connectivity index (χ4n) is 1.05. The van der Waals surface area contributed by atoms with Crippen molar-refractivity contribution in [2.75, 3.05) is 11.5 Å². The molecule has 1 rings (SSSR count). The molecule has 0 radical (unpaired) electrons. The smallest absolute Gasteiger partial charge is 0.258 e. The van der Waals surface area contributed by atoms with Crippen molar-refractivity contribution in [3.8, 4) is 0 Å². The van der Waals surface area contributed by atoms with Crippen LogP contribution in [0.3, 0.4) is 0 Å². The lowest BCUT2D eigenvalue weighted by Crippen LogP contribution is -2.02. The normalized spacial score (nSPS) is 11.5. The standard InChI is InChI=1S/C8H6ClF2NO4S2/c9-18(15,16)4-3-17-8-6(12(13)14)2-1-5(10)7(8)11/h1-2H,3-4H2. The Labute approximate surface area is 110 Å². The zero-order chi connectivity index (χ0) is 13.9. The van der Waals surface area contributed by atoms with E-state index in [1.807, 2.05) is 0 Å². The van der Waals surface area contributed by atoms with Crippen LogP contribution in [-0.2, 0) is 9.05 Å². The van der Waals surface area contributed by atoms with E-state index in [-0.39, 0.29) is 5.75 Å². The Bertz CT molecular complexity index is 579. The molecule has 5 nitrogen and oxygen atoms in total. The first-order chi connectivity index (χ1) is 8.22. The van der Waals surface area contributed by atoms with Gasteiger partial charge in [0.25, 0.3) is 5.69 Å². The highest BCUT2D eigenvalue weighted by Crippen LogP contribution is 2.33. The Balaban J connectivity index is 2.99. The molecule has 0 unspecified atom stereocenters. The molecule has 0 bridgehead atoms. The van der Waals surface area contributed by atoms with Gasteiger partial charge in [0, 0.05) is 22.5 Å². The van der Waals surface area contributed by atoms with Gasteiger partial charge in [-0.25, -0.2) is 17.2 Å². The third-order valence-corrected chi connectivity index (χ3v) is 4.30. The largest absolute Gasteiger partial charge is 0.286 e. The third kappa shape index (κ3) is 4.07. The van der Waals surface area contributed by atoms with E-state index >= 15 is 0 Å². The second-order valence-corrected chi connectivity index (χ2v) is 7.06. The zero-order valence-electron chi connectivity index (χ0n) is 8.60. The molecule has 0 saturated carbocycles. The lowest BCUT2D eigenvalue weighted by Gasteiger charge is -2.04. The highest BCUT2D eigenvalue weighted by atomic mass is 35.7. The van der Waals surface area contributed by atoms with Crippen LogP contribution in [0.15, 0.2) is 17.0 Å². The molecule has 0 heterocycles. The van der Waals surface area contributed by atoms with Crippen LogP contribution in [0.5, 0.6) is 0 Å². The predicted molar refractivity (Wildman–Crippen MR) is 63.4 cm³/mol. The number of nitrogens with zero attached hydrogens (tertiary/aromatic N) is 1. The van der Waals surface area contributed by atoms with Gasteiger partial charge in [-0.15, -0.1) is 11.8 Å². The third-order valence-electron chi connectivity index (χ3n) is 1.80. The van der Waals surface area contributed by atoms with Crippen LogP contribution in [0.4, 0.5) is 14.5 Å². The van der Waals surface area contributed by atoms with Crippen molar-refractivity contribution in [2.45, 2.75) is 4.90 Å². The molecule has 18 heavy (non-hydrogen) atoms. The Morgan fingerprint density at radius 2 is 2.00 bits per heavy atom. The monoisotopic (exact) mass is 317 g/mol. The van der Waals surface area contributed by atoms with Gasteiger partial charge in [-0.2, -0.15) is 0 Å². The minimum absolute atomic E-state index is 0.215. The predicted octanol–water partition coefficient (Wildman–Crippen LogP) is 2.53. The molecule has 0 saturated heterocycles. The van der Waals surface area contributed by atoms with Crippen LogP contribution in [-0.4, -0.2) is 24.8 Å². The summed E-state index contributed by atoms with van der Waals surface area (Å²) in [5, 5.41) is 10.6.